The zero-order valence-electron chi connectivity index (χ0n) is 12.6. The molecule has 7 heteroatoms. The summed E-state index contributed by atoms with van der Waals surface area (Å²) in [4.78, 5) is 14.4. The van der Waals surface area contributed by atoms with Crippen LogP contribution in [-0.4, -0.2) is 62.0 Å². The maximum absolute atomic E-state index is 12.2. The van der Waals surface area contributed by atoms with Gasteiger partial charge in [0.05, 0.1) is 18.2 Å². The normalized spacial score (nSPS) is 27.2. The maximum Gasteiger partial charge on any atom is 0.226 e. The van der Waals surface area contributed by atoms with Gasteiger partial charge in [-0.3, -0.25) is 9.69 Å². The van der Waals surface area contributed by atoms with Gasteiger partial charge in [0.1, 0.15) is 0 Å². The van der Waals surface area contributed by atoms with E-state index in [0.29, 0.717) is 19.6 Å². The molecule has 2 unspecified atom stereocenters. The fourth-order valence-electron chi connectivity index (χ4n) is 3.20. The highest BCUT2D eigenvalue weighted by Gasteiger charge is 2.38. The molecule has 1 N–H and O–H groups in total. The molecule has 2 saturated heterocycles. The monoisotopic (exact) mass is 323 g/mol. The largest absolute Gasteiger partial charge is 0.350 e. The summed E-state index contributed by atoms with van der Waals surface area (Å²) in [5, 5.41) is 2.97. The average Bonchev–Trinajstić information content (AvgIpc) is 2.66. The summed E-state index contributed by atoms with van der Waals surface area (Å²) in [6.45, 7) is 2.66. The van der Waals surface area contributed by atoms with E-state index in [2.05, 4.69) is 22.3 Å². The number of rotatable bonds is 3. The molecule has 3 rings (SSSR count). The Bertz CT molecular complexity index is 647. The number of carbonyl (C=O) groups excluding carboxylic acids is 1. The Labute approximate surface area is 131 Å². The smallest absolute Gasteiger partial charge is 0.226 e. The van der Waals surface area contributed by atoms with E-state index in [4.69, 9.17) is 0 Å². The number of nitrogens with zero attached hydrogens (tertiary/aromatic N) is 2. The van der Waals surface area contributed by atoms with E-state index in [0.717, 1.165) is 6.54 Å². The number of fused-ring (bicyclic) bond motifs is 3. The number of carbonyl (C=O) groups is 1. The van der Waals surface area contributed by atoms with Crippen LogP contribution >= 0.6 is 0 Å². The van der Waals surface area contributed by atoms with Crippen molar-refractivity contribution in [2.24, 2.45) is 5.92 Å². The molecule has 1 amide bonds. The summed E-state index contributed by atoms with van der Waals surface area (Å²) in [6, 6.07) is 9.97. The SMILES string of the molecule is CS(=O)(=O)N1CC2CN(Cc3ccccc3)CC(C1)C(=O)N2. The van der Waals surface area contributed by atoms with Crippen LogP contribution in [0.25, 0.3) is 0 Å². The fraction of sp³-hybridized carbons (Fsp3) is 0.533. The minimum Gasteiger partial charge on any atom is -0.350 e. The van der Waals surface area contributed by atoms with E-state index in [-0.39, 0.29) is 24.4 Å². The van der Waals surface area contributed by atoms with Crippen LogP contribution in [0.15, 0.2) is 30.3 Å². The van der Waals surface area contributed by atoms with Gasteiger partial charge in [0.25, 0.3) is 0 Å². The Morgan fingerprint density at radius 2 is 1.86 bits per heavy atom. The molecule has 6 nitrogen and oxygen atoms in total. The third-order valence-electron chi connectivity index (χ3n) is 4.24. The fourth-order valence-corrected chi connectivity index (χ4v) is 4.10. The second-order valence-electron chi connectivity index (χ2n) is 6.16. The van der Waals surface area contributed by atoms with Crippen molar-refractivity contribution in [1.82, 2.24) is 14.5 Å². The average molecular weight is 323 g/mol. The van der Waals surface area contributed by atoms with Gasteiger partial charge in [-0.2, -0.15) is 4.31 Å². The summed E-state index contributed by atoms with van der Waals surface area (Å²) < 4.78 is 25.1. The van der Waals surface area contributed by atoms with Gasteiger partial charge >= 0.3 is 0 Å². The maximum atomic E-state index is 12.2. The summed E-state index contributed by atoms with van der Waals surface area (Å²) >= 11 is 0. The molecule has 2 fully saturated rings. The van der Waals surface area contributed by atoms with Gasteiger partial charge in [0.15, 0.2) is 0 Å². The quantitative estimate of drug-likeness (QED) is 0.842. The molecule has 0 radical (unpaired) electrons. The van der Waals surface area contributed by atoms with Crippen molar-refractivity contribution in [1.29, 1.82) is 0 Å². The van der Waals surface area contributed by atoms with Gasteiger partial charge in [-0.05, 0) is 5.56 Å². The molecule has 0 saturated carbocycles. The molecule has 120 valence electrons. The van der Waals surface area contributed by atoms with Gasteiger partial charge in [-0.25, -0.2) is 8.42 Å². The van der Waals surface area contributed by atoms with E-state index in [1.165, 1.54) is 16.1 Å². The van der Waals surface area contributed by atoms with Gasteiger partial charge < -0.3 is 5.32 Å². The molecule has 1 aromatic rings. The Balaban J connectivity index is 1.77. The van der Waals surface area contributed by atoms with Crippen LogP contribution in [0.3, 0.4) is 0 Å². The first-order chi connectivity index (χ1) is 10.4. The minimum absolute atomic E-state index is 0.0355. The van der Waals surface area contributed by atoms with E-state index < -0.39 is 10.0 Å². The second kappa shape index (κ2) is 5.98. The summed E-state index contributed by atoms with van der Waals surface area (Å²) in [5.74, 6) is -0.349. The molecular weight excluding hydrogens is 302 g/mol. The highest BCUT2D eigenvalue weighted by molar-refractivity contribution is 7.88. The van der Waals surface area contributed by atoms with Crippen molar-refractivity contribution in [3.63, 3.8) is 0 Å². The lowest BCUT2D eigenvalue weighted by Crippen LogP contribution is -2.48. The van der Waals surface area contributed by atoms with E-state index in [9.17, 15) is 13.2 Å². The van der Waals surface area contributed by atoms with Crippen molar-refractivity contribution in [3.8, 4) is 0 Å². The third-order valence-corrected chi connectivity index (χ3v) is 5.48. The number of hydrogen-bond donors (Lipinski definition) is 1. The summed E-state index contributed by atoms with van der Waals surface area (Å²) in [5.41, 5.74) is 1.20. The number of hydrogen-bond acceptors (Lipinski definition) is 4. The lowest BCUT2D eigenvalue weighted by atomic mass is 10.1. The van der Waals surface area contributed by atoms with Gasteiger partial charge in [-0.1, -0.05) is 30.3 Å². The molecule has 0 aromatic heterocycles. The van der Waals surface area contributed by atoms with E-state index in [1.807, 2.05) is 18.2 Å². The Hall–Kier alpha value is -1.44. The van der Waals surface area contributed by atoms with E-state index >= 15 is 0 Å². The predicted octanol–water partition coefficient (Wildman–Crippen LogP) is -0.122. The van der Waals surface area contributed by atoms with Gasteiger partial charge in [0.2, 0.25) is 15.9 Å². The number of sulfonamides is 1. The first-order valence-corrected chi connectivity index (χ1v) is 9.28. The van der Waals surface area contributed by atoms with Crippen LogP contribution in [0.5, 0.6) is 0 Å². The number of amides is 1. The molecule has 22 heavy (non-hydrogen) atoms. The number of nitrogens with one attached hydrogen (secondary N) is 1. The predicted molar refractivity (Wildman–Crippen MR) is 83.6 cm³/mol. The van der Waals surface area contributed by atoms with Crippen molar-refractivity contribution >= 4 is 15.9 Å². The van der Waals surface area contributed by atoms with Gasteiger partial charge in [0, 0.05) is 32.7 Å². The van der Waals surface area contributed by atoms with Crippen LogP contribution in [-0.2, 0) is 21.4 Å². The topological polar surface area (TPSA) is 69.7 Å². The zero-order valence-corrected chi connectivity index (χ0v) is 13.4. The lowest BCUT2D eigenvalue weighted by Gasteiger charge is -2.32. The molecule has 2 aliphatic heterocycles. The van der Waals surface area contributed by atoms with E-state index in [1.54, 1.807) is 0 Å². The second-order valence-corrected chi connectivity index (χ2v) is 8.14. The molecule has 2 heterocycles. The molecule has 1 aromatic carbocycles. The standard InChI is InChI=1S/C15H21N3O3S/c1-22(20,21)18-9-13-8-17(7-12-5-3-2-4-6-12)10-14(11-18)16-15(13)19/h2-6,13-14H,7-11H2,1H3,(H,16,19). The van der Waals surface area contributed by atoms with Crippen LogP contribution in [0, 0.1) is 5.92 Å². The van der Waals surface area contributed by atoms with Crippen LogP contribution in [0.2, 0.25) is 0 Å². The first-order valence-electron chi connectivity index (χ1n) is 7.43. The van der Waals surface area contributed by atoms with Crippen LogP contribution < -0.4 is 5.32 Å². The molecule has 0 aliphatic carbocycles. The van der Waals surface area contributed by atoms with Crippen molar-refractivity contribution in [2.75, 3.05) is 32.4 Å². The molecule has 2 aliphatic rings. The Kier molecular flexibility index (Phi) is 4.20. The molecular formula is C15H21N3O3S. The van der Waals surface area contributed by atoms with Crippen molar-refractivity contribution < 1.29 is 13.2 Å². The summed E-state index contributed by atoms with van der Waals surface area (Å²) in [7, 11) is -3.27. The van der Waals surface area contributed by atoms with Crippen LogP contribution in [0.1, 0.15) is 5.56 Å². The minimum atomic E-state index is -3.27. The number of benzene rings is 1. The molecule has 2 bridgehead atoms. The summed E-state index contributed by atoms with van der Waals surface area (Å²) in [6.07, 6.45) is 1.21. The van der Waals surface area contributed by atoms with Crippen molar-refractivity contribution in [3.05, 3.63) is 35.9 Å². The van der Waals surface area contributed by atoms with Crippen molar-refractivity contribution in [2.45, 2.75) is 12.6 Å². The van der Waals surface area contributed by atoms with Gasteiger partial charge in [-0.15, -0.1) is 0 Å². The van der Waals surface area contributed by atoms with Crippen LogP contribution in [0.4, 0.5) is 0 Å². The Morgan fingerprint density at radius 1 is 1.14 bits per heavy atom. The lowest BCUT2D eigenvalue weighted by molar-refractivity contribution is -0.124. The molecule has 2 atom stereocenters. The Morgan fingerprint density at radius 3 is 2.55 bits per heavy atom. The zero-order chi connectivity index (χ0) is 15.7. The molecule has 0 spiro atoms. The first kappa shape index (κ1) is 15.5. The highest BCUT2D eigenvalue weighted by Crippen LogP contribution is 2.19. The third kappa shape index (κ3) is 3.48. The highest BCUT2D eigenvalue weighted by atomic mass is 32.2.